The fourth-order valence-corrected chi connectivity index (χ4v) is 4.38. The highest BCUT2D eigenvalue weighted by molar-refractivity contribution is 9.10. The summed E-state index contributed by atoms with van der Waals surface area (Å²) in [6, 6.07) is 16.9. The molecule has 4 rings (SSSR count). The second-order valence-electron chi connectivity index (χ2n) is 6.08. The van der Waals surface area contributed by atoms with Gasteiger partial charge < -0.3 is 4.90 Å². The molecule has 22 heavy (non-hydrogen) atoms. The zero-order chi connectivity index (χ0) is 15.3. The highest BCUT2D eigenvalue weighted by Crippen LogP contribution is 2.49. The summed E-state index contributed by atoms with van der Waals surface area (Å²) in [5, 5.41) is 0. The molecule has 0 aromatic heterocycles. The number of hydrogen-bond acceptors (Lipinski definition) is 1. The van der Waals surface area contributed by atoms with Crippen LogP contribution in [-0.2, 0) is 4.79 Å². The lowest BCUT2D eigenvalue weighted by Gasteiger charge is -2.33. The first kappa shape index (κ1) is 14.5. The molecule has 0 radical (unpaired) electrons. The monoisotopic (exact) mass is 419 g/mol. The Morgan fingerprint density at radius 2 is 1.45 bits per heavy atom. The number of carbonyl (C=O) groups is 1. The molecule has 4 heteroatoms. The van der Waals surface area contributed by atoms with Crippen molar-refractivity contribution in [2.75, 3.05) is 4.90 Å². The number of carbonyl (C=O) groups excluding carboxylic acids is 1. The predicted octanol–water partition coefficient (Wildman–Crippen LogP) is 5.12. The van der Waals surface area contributed by atoms with E-state index in [2.05, 4.69) is 56.1 Å². The lowest BCUT2D eigenvalue weighted by molar-refractivity contribution is -0.121. The average Bonchev–Trinajstić information content (AvgIpc) is 3.07. The Morgan fingerprint density at radius 1 is 0.864 bits per heavy atom. The Balaban J connectivity index is 1.67. The van der Waals surface area contributed by atoms with Gasteiger partial charge in [0.05, 0.1) is 0 Å². The number of piperidine rings is 1. The quantitative estimate of drug-likeness (QED) is 0.660. The van der Waals surface area contributed by atoms with E-state index in [0.717, 1.165) is 27.5 Å². The lowest BCUT2D eigenvalue weighted by atomic mass is 9.90. The van der Waals surface area contributed by atoms with E-state index in [4.69, 9.17) is 0 Å². The highest BCUT2D eigenvalue weighted by Gasteiger charge is 2.51. The summed E-state index contributed by atoms with van der Waals surface area (Å²) < 4.78 is 2.14. The van der Waals surface area contributed by atoms with Gasteiger partial charge in [0.1, 0.15) is 0 Å². The van der Waals surface area contributed by atoms with Crippen LogP contribution in [-0.4, -0.2) is 11.9 Å². The van der Waals surface area contributed by atoms with Gasteiger partial charge in [-0.2, -0.15) is 0 Å². The third-order valence-electron chi connectivity index (χ3n) is 4.85. The van der Waals surface area contributed by atoms with Crippen molar-refractivity contribution in [3.8, 4) is 0 Å². The van der Waals surface area contributed by atoms with Crippen molar-refractivity contribution in [3.63, 3.8) is 0 Å². The summed E-state index contributed by atoms with van der Waals surface area (Å²) >= 11 is 6.95. The Hall–Kier alpha value is -1.13. The summed E-state index contributed by atoms with van der Waals surface area (Å²) in [5.41, 5.74) is 2.35. The predicted molar refractivity (Wildman–Crippen MR) is 95.0 cm³/mol. The van der Waals surface area contributed by atoms with Gasteiger partial charge in [0.15, 0.2) is 0 Å². The van der Waals surface area contributed by atoms with Crippen LogP contribution in [0.5, 0.6) is 0 Å². The van der Waals surface area contributed by atoms with Crippen LogP contribution in [0.1, 0.15) is 24.3 Å². The van der Waals surface area contributed by atoms with Crippen molar-refractivity contribution in [2.24, 2.45) is 5.92 Å². The molecule has 1 saturated heterocycles. The molecule has 2 fully saturated rings. The van der Waals surface area contributed by atoms with E-state index < -0.39 is 0 Å². The first-order chi connectivity index (χ1) is 10.6. The Kier molecular flexibility index (Phi) is 3.61. The molecule has 1 heterocycles. The minimum absolute atomic E-state index is 0.183. The third kappa shape index (κ3) is 2.33. The maximum Gasteiger partial charge on any atom is 0.230 e. The van der Waals surface area contributed by atoms with Gasteiger partial charge in [-0.15, -0.1) is 0 Å². The first-order valence-corrected chi connectivity index (χ1v) is 9.06. The summed E-state index contributed by atoms with van der Waals surface area (Å²) in [7, 11) is 0. The van der Waals surface area contributed by atoms with Crippen molar-refractivity contribution >= 4 is 43.5 Å². The zero-order valence-corrected chi connectivity index (χ0v) is 15.0. The molecule has 2 aromatic carbocycles. The van der Waals surface area contributed by atoms with Gasteiger partial charge in [0, 0.05) is 32.5 Å². The van der Waals surface area contributed by atoms with Crippen LogP contribution in [0, 0.1) is 5.92 Å². The molecular formula is C18H15Br2NO. The summed E-state index contributed by atoms with van der Waals surface area (Å²) in [5.74, 6) is 0.919. The van der Waals surface area contributed by atoms with Gasteiger partial charge in [-0.25, -0.2) is 0 Å². The van der Waals surface area contributed by atoms with E-state index in [-0.39, 0.29) is 5.92 Å². The van der Waals surface area contributed by atoms with Crippen LogP contribution in [0.3, 0.4) is 0 Å². The molecule has 2 bridgehead atoms. The van der Waals surface area contributed by atoms with E-state index in [1.54, 1.807) is 0 Å². The number of anilines is 1. The molecule has 3 atom stereocenters. The first-order valence-electron chi connectivity index (χ1n) is 7.47. The number of fused-ring (bicyclic) bond motifs is 2. The molecule has 1 aliphatic heterocycles. The van der Waals surface area contributed by atoms with E-state index in [1.807, 2.05) is 29.2 Å². The van der Waals surface area contributed by atoms with Crippen LogP contribution in [0.15, 0.2) is 57.5 Å². The maximum absolute atomic E-state index is 12.6. The molecule has 2 nitrogen and oxygen atoms in total. The van der Waals surface area contributed by atoms with Gasteiger partial charge in [-0.3, -0.25) is 4.79 Å². The average molecular weight is 421 g/mol. The molecule has 1 aliphatic carbocycles. The Morgan fingerprint density at radius 3 is 2.05 bits per heavy atom. The molecule has 1 saturated carbocycles. The van der Waals surface area contributed by atoms with Crippen LogP contribution in [0.2, 0.25) is 0 Å². The number of nitrogens with zero attached hydrogens (tertiary/aromatic N) is 1. The molecule has 0 spiro atoms. The van der Waals surface area contributed by atoms with Crippen LogP contribution in [0.4, 0.5) is 5.69 Å². The standard InChI is InChI=1S/C18H15Br2NO/c19-13-3-1-11(2-4-13)16-9-12-10-17(16)21(18(12)22)15-7-5-14(20)6-8-15/h1-8,12,16-17H,9-10H2/t12-,16+,17-/m1/s1. The Bertz CT molecular complexity index is 711. The van der Waals surface area contributed by atoms with Crippen molar-refractivity contribution in [3.05, 3.63) is 63.0 Å². The SMILES string of the molecule is O=C1[C@H]2C[C@H]([C@H](c3ccc(Br)cc3)C2)N1c1ccc(Br)cc1. The van der Waals surface area contributed by atoms with Crippen molar-refractivity contribution < 1.29 is 4.79 Å². The molecule has 112 valence electrons. The van der Waals surface area contributed by atoms with Crippen molar-refractivity contribution in [2.45, 2.75) is 24.8 Å². The molecule has 2 aromatic rings. The van der Waals surface area contributed by atoms with E-state index in [0.29, 0.717) is 17.9 Å². The summed E-state index contributed by atoms with van der Waals surface area (Å²) in [6.07, 6.45) is 1.97. The van der Waals surface area contributed by atoms with E-state index >= 15 is 0 Å². The summed E-state index contributed by atoms with van der Waals surface area (Å²) in [4.78, 5) is 14.6. The van der Waals surface area contributed by atoms with Gasteiger partial charge in [0.2, 0.25) is 5.91 Å². The lowest BCUT2D eigenvalue weighted by Crippen LogP contribution is -2.41. The number of rotatable bonds is 2. The summed E-state index contributed by atoms with van der Waals surface area (Å²) in [6.45, 7) is 0. The van der Waals surface area contributed by atoms with E-state index in [9.17, 15) is 4.79 Å². The fourth-order valence-electron chi connectivity index (χ4n) is 3.85. The second-order valence-corrected chi connectivity index (χ2v) is 7.91. The van der Waals surface area contributed by atoms with Crippen molar-refractivity contribution in [1.82, 2.24) is 0 Å². The van der Waals surface area contributed by atoms with Gasteiger partial charge in [-0.1, -0.05) is 44.0 Å². The molecular weight excluding hydrogens is 406 g/mol. The zero-order valence-electron chi connectivity index (χ0n) is 11.9. The Labute approximate surface area is 146 Å². The van der Waals surface area contributed by atoms with E-state index in [1.165, 1.54) is 5.56 Å². The number of amides is 1. The minimum Gasteiger partial charge on any atom is -0.308 e. The largest absolute Gasteiger partial charge is 0.308 e. The third-order valence-corrected chi connectivity index (χ3v) is 5.91. The topological polar surface area (TPSA) is 20.3 Å². The van der Waals surface area contributed by atoms with Gasteiger partial charge >= 0.3 is 0 Å². The van der Waals surface area contributed by atoms with Gasteiger partial charge in [-0.05, 0) is 54.8 Å². The minimum atomic E-state index is 0.183. The maximum atomic E-state index is 12.6. The number of halogens is 2. The van der Waals surface area contributed by atoms with Crippen molar-refractivity contribution in [1.29, 1.82) is 0 Å². The van der Waals surface area contributed by atoms with Crippen LogP contribution in [0.25, 0.3) is 0 Å². The number of benzene rings is 2. The molecule has 0 N–H and O–H groups in total. The molecule has 1 amide bonds. The van der Waals surface area contributed by atoms with Gasteiger partial charge in [0.25, 0.3) is 0 Å². The van der Waals surface area contributed by atoms with Crippen LogP contribution >= 0.6 is 31.9 Å². The highest BCUT2D eigenvalue weighted by atomic mass is 79.9. The normalized spacial score (nSPS) is 26.7. The van der Waals surface area contributed by atoms with Crippen LogP contribution < -0.4 is 4.90 Å². The fraction of sp³-hybridized carbons (Fsp3) is 0.278. The number of hydrogen-bond donors (Lipinski definition) is 0. The second kappa shape index (κ2) is 5.50. The molecule has 0 unspecified atom stereocenters. The smallest absolute Gasteiger partial charge is 0.230 e. The molecule has 2 aliphatic rings.